The zero-order valence-electron chi connectivity index (χ0n) is 22.9. The number of halogens is 3. The first-order valence-corrected chi connectivity index (χ1v) is 14.1. The molecular formula is C28H35F3N4O4S. The Kier molecular flexibility index (Phi) is 10.5. The highest BCUT2D eigenvalue weighted by Crippen LogP contribution is 2.29. The maximum Gasteiger partial charge on any atom is 0.416 e. The van der Waals surface area contributed by atoms with Gasteiger partial charge in [-0.2, -0.15) is 13.2 Å². The molecule has 0 radical (unpaired) electrons. The minimum atomic E-state index is -4.59. The van der Waals surface area contributed by atoms with E-state index in [-0.39, 0.29) is 18.2 Å². The van der Waals surface area contributed by atoms with Crippen molar-refractivity contribution in [2.45, 2.75) is 62.5 Å². The van der Waals surface area contributed by atoms with Gasteiger partial charge >= 0.3 is 12.3 Å². The largest absolute Gasteiger partial charge is 0.444 e. The number of carbonyl (C=O) groups excluding carboxylic acids is 3. The van der Waals surface area contributed by atoms with Crippen LogP contribution >= 0.6 is 11.8 Å². The molecule has 0 spiro atoms. The minimum absolute atomic E-state index is 0.179. The Hall–Kier alpha value is -3.25. The quantitative estimate of drug-likeness (QED) is 0.400. The molecule has 2 atom stereocenters. The van der Waals surface area contributed by atoms with Crippen LogP contribution in [0.15, 0.2) is 53.4 Å². The third-order valence-electron chi connectivity index (χ3n) is 6.20. The Labute approximate surface area is 236 Å². The van der Waals surface area contributed by atoms with Crippen LogP contribution in [-0.2, 0) is 22.3 Å². The summed E-state index contributed by atoms with van der Waals surface area (Å²) in [4.78, 5) is 40.6. The van der Waals surface area contributed by atoms with Crippen LogP contribution in [-0.4, -0.2) is 66.4 Å². The van der Waals surface area contributed by atoms with Gasteiger partial charge in [0.15, 0.2) is 0 Å². The molecule has 0 aliphatic carbocycles. The van der Waals surface area contributed by atoms with E-state index in [0.717, 1.165) is 28.7 Å². The molecule has 1 saturated heterocycles. The summed E-state index contributed by atoms with van der Waals surface area (Å²) in [5.41, 5.74) is -0.776. The second kappa shape index (κ2) is 13.4. The van der Waals surface area contributed by atoms with E-state index >= 15 is 0 Å². The van der Waals surface area contributed by atoms with Crippen molar-refractivity contribution >= 4 is 29.7 Å². The molecule has 40 heavy (non-hydrogen) atoms. The smallest absolute Gasteiger partial charge is 0.416 e. The predicted molar refractivity (Wildman–Crippen MR) is 147 cm³/mol. The Balaban J connectivity index is 1.64. The molecule has 0 saturated carbocycles. The number of hydrogen-bond acceptors (Lipinski definition) is 6. The third-order valence-corrected chi connectivity index (χ3v) is 6.94. The lowest BCUT2D eigenvalue weighted by atomic mass is 9.98. The van der Waals surface area contributed by atoms with E-state index in [1.54, 1.807) is 32.5 Å². The van der Waals surface area contributed by atoms with Crippen LogP contribution in [0.1, 0.15) is 48.7 Å². The molecule has 0 bridgehead atoms. The summed E-state index contributed by atoms with van der Waals surface area (Å²) in [7, 11) is 0. The molecule has 1 aliphatic heterocycles. The zero-order chi connectivity index (χ0) is 29.5. The summed E-state index contributed by atoms with van der Waals surface area (Å²) in [6, 6.07) is 11.4. The number of hydrogen-bond donors (Lipinski definition) is 3. The third kappa shape index (κ3) is 9.44. The summed E-state index contributed by atoms with van der Waals surface area (Å²) in [6.45, 7) is 6.03. The lowest BCUT2D eigenvalue weighted by Crippen LogP contribution is -2.61. The van der Waals surface area contributed by atoms with Gasteiger partial charge in [0, 0.05) is 36.1 Å². The number of nitrogens with zero attached hydrogens (tertiary/aromatic N) is 1. The zero-order valence-corrected chi connectivity index (χ0v) is 23.7. The summed E-state index contributed by atoms with van der Waals surface area (Å²) in [6.07, 6.45) is -2.53. The average Bonchev–Trinajstić information content (AvgIpc) is 2.90. The number of likely N-dealkylation sites (tertiary alicyclic amines) is 1. The molecule has 2 aromatic rings. The van der Waals surface area contributed by atoms with Crippen LogP contribution in [0.2, 0.25) is 0 Å². The van der Waals surface area contributed by atoms with Crippen molar-refractivity contribution in [2.75, 3.05) is 25.9 Å². The van der Waals surface area contributed by atoms with Gasteiger partial charge in [0.2, 0.25) is 5.91 Å². The maximum absolute atomic E-state index is 13.0. The molecule has 1 aliphatic rings. The lowest BCUT2D eigenvalue weighted by molar-refractivity contribution is -0.137. The standard InChI is InChI=1S/C28H35F3N4O4S/c1-27(2,3)39-26(38)35-13-12-22(32-15-18-8-10-21(40-4)11-9-18)23(17-35)34-24(36)16-33-25(37)19-6-5-7-20(14-19)28(29,30)31/h5-11,14,22-23,32H,12-13,15-17H2,1-4H3,(H,33,37)(H,34,36). The van der Waals surface area contributed by atoms with Gasteiger partial charge < -0.3 is 25.6 Å². The van der Waals surface area contributed by atoms with Gasteiger partial charge in [-0.05, 0) is 69.3 Å². The van der Waals surface area contributed by atoms with Crippen molar-refractivity contribution in [3.63, 3.8) is 0 Å². The van der Waals surface area contributed by atoms with Gasteiger partial charge in [0.1, 0.15) is 5.60 Å². The van der Waals surface area contributed by atoms with E-state index in [1.807, 2.05) is 30.5 Å². The first kappa shape index (κ1) is 31.3. The topological polar surface area (TPSA) is 99.8 Å². The number of amides is 3. The van der Waals surface area contributed by atoms with Crippen LogP contribution in [0.25, 0.3) is 0 Å². The van der Waals surface area contributed by atoms with Crippen LogP contribution in [0.3, 0.4) is 0 Å². The van der Waals surface area contributed by atoms with Crippen LogP contribution < -0.4 is 16.0 Å². The van der Waals surface area contributed by atoms with E-state index in [1.165, 1.54) is 11.0 Å². The fraction of sp³-hybridized carbons (Fsp3) is 0.464. The molecule has 0 aromatic heterocycles. The Morgan fingerprint density at radius 3 is 2.38 bits per heavy atom. The molecule has 3 amide bonds. The molecule has 218 valence electrons. The molecule has 2 unspecified atom stereocenters. The molecule has 3 rings (SSSR count). The summed E-state index contributed by atoms with van der Waals surface area (Å²) in [5, 5.41) is 8.69. The second-order valence-electron chi connectivity index (χ2n) is 10.5. The summed E-state index contributed by atoms with van der Waals surface area (Å²) >= 11 is 1.65. The number of thioether (sulfide) groups is 1. The normalized spacial score (nSPS) is 17.7. The van der Waals surface area contributed by atoms with Gasteiger partial charge in [-0.1, -0.05) is 18.2 Å². The van der Waals surface area contributed by atoms with Crippen LogP contribution in [0.5, 0.6) is 0 Å². The molecule has 1 heterocycles. The molecular weight excluding hydrogens is 545 g/mol. The first-order valence-electron chi connectivity index (χ1n) is 12.8. The van der Waals surface area contributed by atoms with E-state index < -0.39 is 47.8 Å². The number of rotatable bonds is 8. The van der Waals surface area contributed by atoms with Crippen molar-refractivity contribution in [3.8, 4) is 0 Å². The van der Waals surface area contributed by atoms with Crippen molar-refractivity contribution in [2.24, 2.45) is 0 Å². The molecule has 12 heteroatoms. The fourth-order valence-electron chi connectivity index (χ4n) is 4.18. The highest BCUT2D eigenvalue weighted by molar-refractivity contribution is 7.98. The van der Waals surface area contributed by atoms with E-state index in [9.17, 15) is 27.6 Å². The van der Waals surface area contributed by atoms with Crippen molar-refractivity contribution in [1.82, 2.24) is 20.9 Å². The van der Waals surface area contributed by atoms with Gasteiger partial charge in [-0.25, -0.2) is 4.79 Å². The first-order chi connectivity index (χ1) is 18.7. The average molecular weight is 581 g/mol. The van der Waals surface area contributed by atoms with Gasteiger partial charge in [0.05, 0.1) is 18.2 Å². The number of piperidine rings is 1. The fourth-order valence-corrected chi connectivity index (χ4v) is 4.59. The van der Waals surface area contributed by atoms with Crippen molar-refractivity contribution in [3.05, 3.63) is 65.2 Å². The monoisotopic (exact) mass is 580 g/mol. The van der Waals surface area contributed by atoms with E-state index in [2.05, 4.69) is 16.0 Å². The number of alkyl halides is 3. The predicted octanol–water partition coefficient (Wildman–Crippen LogP) is 4.44. The van der Waals surface area contributed by atoms with E-state index in [4.69, 9.17) is 4.74 Å². The minimum Gasteiger partial charge on any atom is -0.444 e. The highest BCUT2D eigenvalue weighted by Gasteiger charge is 2.34. The second-order valence-corrected chi connectivity index (χ2v) is 11.4. The Morgan fingerprint density at radius 1 is 1.05 bits per heavy atom. The number of ether oxygens (including phenoxy) is 1. The van der Waals surface area contributed by atoms with Gasteiger partial charge in [0.25, 0.3) is 5.91 Å². The number of benzene rings is 2. The Morgan fingerprint density at radius 2 is 1.75 bits per heavy atom. The lowest BCUT2D eigenvalue weighted by Gasteiger charge is -2.39. The highest BCUT2D eigenvalue weighted by atomic mass is 32.2. The van der Waals surface area contributed by atoms with Crippen LogP contribution in [0.4, 0.5) is 18.0 Å². The van der Waals surface area contributed by atoms with Crippen LogP contribution in [0, 0.1) is 0 Å². The molecule has 1 fully saturated rings. The SMILES string of the molecule is CSc1ccc(CNC2CCN(C(=O)OC(C)(C)C)CC2NC(=O)CNC(=O)c2cccc(C(F)(F)F)c2)cc1. The summed E-state index contributed by atoms with van der Waals surface area (Å²) < 4.78 is 44.5. The molecule has 2 aromatic carbocycles. The molecule has 3 N–H and O–H groups in total. The number of carbonyl (C=O) groups is 3. The van der Waals surface area contributed by atoms with Gasteiger partial charge in [-0.15, -0.1) is 11.8 Å². The number of nitrogens with one attached hydrogen (secondary N) is 3. The molecule has 8 nitrogen and oxygen atoms in total. The van der Waals surface area contributed by atoms with Crippen molar-refractivity contribution < 1.29 is 32.3 Å². The Bertz CT molecular complexity index is 1190. The summed E-state index contributed by atoms with van der Waals surface area (Å²) in [5.74, 6) is -1.34. The maximum atomic E-state index is 13.0. The van der Waals surface area contributed by atoms with Gasteiger partial charge in [-0.3, -0.25) is 9.59 Å². The van der Waals surface area contributed by atoms with Crippen molar-refractivity contribution in [1.29, 1.82) is 0 Å². The van der Waals surface area contributed by atoms with E-state index in [0.29, 0.717) is 19.5 Å².